The largest absolute Gasteiger partial charge is 0.395 e. The first-order valence-corrected chi connectivity index (χ1v) is 6.01. The Hall–Kier alpha value is -0.940. The van der Waals surface area contributed by atoms with E-state index in [0.717, 1.165) is 6.42 Å². The van der Waals surface area contributed by atoms with Crippen LogP contribution >= 0.6 is 15.9 Å². The highest BCUT2D eigenvalue weighted by Gasteiger charge is 2.15. The summed E-state index contributed by atoms with van der Waals surface area (Å²) in [7, 11) is 0. The van der Waals surface area contributed by atoms with Gasteiger partial charge in [0.2, 0.25) is 0 Å². The molecule has 1 aromatic rings. The van der Waals surface area contributed by atoms with Crippen LogP contribution in [-0.2, 0) is 0 Å². The zero-order valence-corrected chi connectivity index (χ0v) is 10.8. The standard InChI is InChI=1S/C11H15BrN2O2/c1-2-6-14(7-8-15)11(16)9-4-3-5-10(12)13-9/h3-5,15H,2,6-8H2,1H3. The van der Waals surface area contributed by atoms with Crippen LogP contribution in [0.25, 0.3) is 0 Å². The lowest BCUT2D eigenvalue weighted by atomic mass is 10.3. The number of aliphatic hydroxyl groups is 1. The fourth-order valence-corrected chi connectivity index (χ4v) is 1.74. The van der Waals surface area contributed by atoms with Gasteiger partial charge in [-0.15, -0.1) is 0 Å². The van der Waals surface area contributed by atoms with Crippen molar-refractivity contribution in [3.8, 4) is 0 Å². The van der Waals surface area contributed by atoms with Gasteiger partial charge in [-0.05, 0) is 34.5 Å². The maximum absolute atomic E-state index is 12.0. The molecule has 0 aliphatic heterocycles. The highest BCUT2D eigenvalue weighted by molar-refractivity contribution is 9.10. The van der Waals surface area contributed by atoms with Gasteiger partial charge in [0.25, 0.3) is 5.91 Å². The van der Waals surface area contributed by atoms with E-state index in [0.29, 0.717) is 23.4 Å². The quantitative estimate of drug-likeness (QED) is 0.838. The van der Waals surface area contributed by atoms with Crippen molar-refractivity contribution in [2.24, 2.45) is 0 Å². The third-order valence-electron chi connectivity index (χ3n) is 2.08. The summed E-state index contributed by atoms with van der Waals surface area (Å²) in [6.45, 7) is 2.94. The Morgan fingerprint density at radius 2 is 2.25 bits per heavy atom. The van der Waals surface area contributed by atoms with Gasteiger partial charge in [-0.25, -0.2) is 4.98 Å². The molecule has 0 spiro atoms. The topological polar surface area (TPSA) is 53.4 Å². The van der Waals surface area contributed by atoms with Gasteiger partial charge >= 0.3 is 0 Å². The second kappa shape index (κ2) is 6.60. The highest BCUT2D eigenvalue weighted by atomic mass is 79.9. The zero-order chi connectivity index (χ0) is 12.0. The van der Waals surface area contributed by atoms with Crippen LogP contribution in [0.15, 0.2) is 22.8 Å². The third kappa shape index (κ3) is 3.57. The van der Waals surface area contributed by atoms with E-state index in [2.05, 4.69) is 20.9 Å². The van der Waals surface area contributed by atoms with Crippen molar-refractivity contribution in [2.45, 2.75) is 13.3 Å². The third-order valence-corrected chi connectivity index (χ3v) is 2.53. The number of carbonyl (C=O) groups excluding carboxylic acids is 1. The minimum atomic E-state index is -0.141. The lowest BCUT2D eigenvalue weighted by molar-refractivity contribution is 0.0716. The molecule has 1 N–H and O–H groups in total. The molecular formula is C11H15BrN2O2. The molecule has 0 aliphatic carbocycles. The summed E-state index contributed by atoms with van der Waals surface area (Å²) in [4.78, 5) is 17.7. The van der Waals surface area contributed by atoms with Crippen LogP contribution in [0, 0.1) is 0 Å². The minimum Gasteiger partial charge on any atom is -0.395 e. The molecular weight excluding hydrogens is 272 g/mol. The number of aromatic nitrogens is 1. The van der Waals surface area contributed by atoms with Crippen molar-refractivity contribution in [3.05, 3.63) is 28.5 Å². The summed E-state index contributed by atoms with van der Waals surface area (Å²) < 4.78 is 0.638. The second-order valence-corrected chi connectivity index (χ2v) is 4.17. The van der Waals surface area contributed by atoms with Crippen molar-refractivity contribution >= 4 is 21.8 Å². The molecule has 0 bridgehead atoms. The average molecular weight is 287 g/mol. The molecule has 0 aliphatic rings. The van der Waals surface area contributed by atoms with Crippen LogP contribution in [-0.4, -0.2) is 40.6 Å². The number of hydrogen-bond acceptors (Lipinski definition) is 3. The number of rotatable bonds is 5. The van der Waals surface area contributed by atoms with Gasteiger partial charge < -0.3 is 10.0 Å². The number of pyridine rings is 1. The molecule has 16 heavy (non-hydrogen) atoms. The summed E-state index contributed by atoms with van der Waals surface area (Å²) in [6.07, 6.45) is 0.861. The molecule has 1 rings (SSSR count). The van der Waals surface area contributed by atoms with Gasteiger partial charge in [-0.1, -0.05) is 13.0 Å². The first kappa shape index (κ1) is 13.1. The molecule has 1 amide bonds. The monoisotopic (exact) mass is 286 g/mol. The lowest BCUT2D eigenvalue weighted by Crippen LogP contribution is -2.34. The predicted octanol–water partition coefficient (Wildman–Crippen LogP) is 1.69. The van der Waals surface area contributed by atoms with Crippen LogP contribution < -0.4 is 0 Å². The van der Waals surface area contributed by atoms with Crippen LogP contribution in [0.4, 0.5) is 0 Å². The van der Waals surface area contributed by atoms with Gasteiger partial charge in [-0.2, -0.15) is 0 Å². The van der Waals surface area contributed by atoms with Crippen molar-refractivity contribution in [1.82, 2.24) is 9.88 Å². The van der Waals surface area contributed by atoms with Crippen LogP contribution in [0.5, 0.6) is 0 Å². The van der Waals surface area contributed by atoms with E-state index in [1.807, 2.05) is 6.92 Å². The number of halogens is 1. The van der Waals surface area contributed by atoms with Gasteiger partial charge in [-0.3, -0.25) is 4.79 Å². The minimum absolute atomic E-state index is 0.0280. The Balaban J connectivity index is 2.81. The molecule has 0 saturated carbocycles. The van der Waals surface area contributed by atoms with Gasteiger partial charge in [0.15, 0.2) is 0 Å². The summed E-state index contributed by atoms with van der Waals surface area (Å²) >= 11 is 3.23. The summed E-state index contributed by atoms with van der Waals surface area (Å²) in [5, 5.41) is 8.89. The fraction of sp³-hybridized carbons (Fsp3) is 0.455. The Labute approximate surface area is 103 Å². The summed E-state index contributed by atoms with van der Waals surface area (Å²) in [5.41, 5.74) is 0.399. The first-order chi connectivity index (χ1) is 7.69. The zero-order valence-electron chi connectivity index (χ0n) is 9.19. The number of carbonyl (C=O) groups is 1. The summed E-state index contributed by atoms with van der Waals surface area (Å²) in [6, 6.07) is 5.22. The van der Waals surface area contributed by atoms with E-state index < -0.39 is 0 Å². The van der Waals surface area contributed by atoms with Crippen molar-refractivity contribution < 1.29 is 9.90 Å². The van der Waals surface area contributed by atoms with Gasteiger partial charge in [0.1, 0.15) is 10.3 Å². The van der Waals surface area contributed by atoms with Crippen LogP contribution in [0.2, 0.25) is 0 Å². The normalized spacial score (nSPS) is 10.2. The Kier molecular flexibility index (Phi) is 5.42. The van der Waals surface area contributed by atoms with Gasteiger partial charge in [0.05, 0.1) is 6.61 Å². The maximum atomic E-state index is 12.0. The molecule has 4 nitrogen and oxygen atoms in total. The van der Waals surface area contributed by atoms with E-state index in [9.17, 15) is 4.79 Å². The molecule has 0 radical (unpaired) electrons. The number of nitrogens with zero attached hydrogens (tertiary/aromatic N) is 2. The molecule has 0 fully saturated rings. The Bertz CT molecular complexity index is 352. The molecule has 0 atom stereocenters. The number of amides is 1. The molecule has 0 unspecified atom stereocenters. The van der Waals surface area contributed by atoms with E-state index in [1.165, 1.54) is 0 Å². The smallest absolute Gasteiger partial charge is 0.272 e. The SMILES string of the molecule is CCCN(CCO)C(=O)c1cccc(Br)n1. The molecule has 88 valence electrons. The van der Waals surface area contributed by atoms with E-state index >= 15 is 0 Å². The Morgan fingerprint density at radius 3 is 2.81 bits per heavy atom. The van der Waals surface area contributed by atoms with Crippen molar-refractivity contribution in [2.75, 3.05) is 19.7 Å². The van der Waals surface area contributed by atoms with Crippen LogP contribution in [0.3, 0.4) is 0 Å². The molecule has 0 aromatic carbocycles. The predicted molar refractivity (Wildman–Crippen MR) is 65.2 cm³/mol. The van der Waals surface area contributed by atoms with Crippen molar-refractivity contribution in [3.63, 3.8) is 0 Å². The van der Waals surface area contributed by atoms with Crippen LogP contribution in [0.1, 0.15) is 23.8 Å². The van der Waals surface area contributed by atoms with E-state index in [1.54, 1.807) is 23.1 Å². The van der Waals surface area contributed by atoms with E-state index in [-0.39, 0.29) is 12.5 Å². The molecule has 1 heterocycles. The number of aliphatic hydroxyl groups excluding tert-OH is 1. The second-order valence-electron chi connectivity index (χ2n) is 3.36. The van der Waals surface area contributed by atoms with Crippen molar-refractivity contribution in [1.29, 1.82) is 0 Å². The average Bonchev–Trinajstić information content (AvgIpc) is 2.28. The summed E-state index contributed by atoms with van der Waals surface area (Å²) in [5.74, 6) is -0.141. The van der Waals surface area contributed by atoms with Gasteiger partial charge in [0, 0.05) is 13.1 Å². The highest BCUT2D eigenvalue weighted by Crippen LogP contribution is 2.08. The molecule has 1 aromatic heterocycles. The Morgan fingerprint density at radius 1 is 1.50 bits per heavy atom. The van der Waals surface area contributed by atoms with E-state index in [4.69, 9.17) is 5.11 Å². The maximum Gasteiger partial charge on any atom is 0.272 e. The molecule has 0 saturated heterocycles. The molecule has 5 heteroatoms. The number of hydrogen-bond donors (Lipinski definition) is 1. The fourth-order valence-electron chi connectivity index (χ4n) is 1.39. The lowest BCUT2D eigenvalue weighted by Gasteiger charge is -2.20. The first-order valence-electron chi connectivity index (χ1n) is 5.21.